The number of hydrogen-bond donors (Lipinski definition) is 1. The highest BCUT2D eigenvalue weighted by molar-refractivity contribution is 7.86. The molecule has 39 heavy (non-hydrogen) atoms. The van der Waals surface area contributed by atoms with Gasteiger partial charge in [-0.3, -0.25) is 18.7 Å². The molecule has 1 saturated heterocycles. The minimum Gasteiger partial charge on any atom is -0.352 e. The molecule has 0 aliphatic carbocycles. The number of benzene rings is 1. The van der Waals surface area contributed by atoms with E-state index in [9.17, 15) is 35.6 Å². The Balaban J connectivity index is 1.82. The van der Waals surface area contributed by atoms with E-state index in [1.807, 2.05) is 0 Å². The second-order valence-electron chi connectivity index (χ2n) is 8.27. The molecule has 0 radical (unpaired) electrons. The van der Waals surface area contributed by atoms with Crippen molar-refractivity contribution in [3.8, 4) is 6.07 Å². The van der Waals surface area contributed by atoms with Crippen molar-refractivity contribution in [1.82, 2.24) is 10.3 Å². The van der Waals surface area contributed by atoms with Crippen LogP contribution >= 0.6 is 12.2 Å². The number of carbonyl (C=O) groups excluding carboxylic acids is 2. The van der Waals surface area contributed by atoms with Gasteiger partial charge in [0.2, 0.25) is 5.91 Å². The summed E-state index contributed by atoms with van der Waals surface area (Å²) in [4.78, 5) is 30.9. The smallest absolute Gasteiger partial charge is 0.352 e. The van der Waals surface area contributed by atoms with Crippen LogP contribution in [0.1, 0.15) is 40.9 Å². The van der Waals surface area contributed by atoms with Gasteiger partial charge in [0.15, 0.2) is 10.8 Å². The SMILES string of the molecule is CS(=O)(=O)OCCCNC(=O)c1ccc(N2CCCC(=O)N(c3cnc(C#N)c(C(F)(F)F)c3)C2=S)cc1F. The van der Waals surface area contributed by atoms with E-state index in [0.717, 1.165) is 23.4 Å². The van der Waals surface area contributed by atoms with Gasteiger partial charge in [0, 0.05) is 25.2 Å². The minimum absolute atomic E-state index is 0.0152. The first-order valence-electron chi connectivity index (χ1n) is 11.3. The van der Waals surface area contributed by atoms with Crippen LogP contribution in [0.3, 0.4) is 0 Å². The number of pyridine rings is 1. The van der Waals surface area contributed by atoms with Gasteiger partial charge < -0.3 is 10.2 Å². The van der Waals surface area contributed by atoms with Crippen molar-refractivity contribution in [2.24, 2.45) is 0 Å². The van der Waals surface area contributed by atoms with Crippen LogP contribution in [0.5, 0.6) is 0 Å². The molecule has 1 aromatic heterocycles. The molecule has 0 bridgehead atoms. The monoisotopic (exact) mass is 587 g/mol. The van der Waals surface area contributed by atoms with Crippen molar-refractivity contribution in [2.75, 3.05) is 35.8 Å². The fourth-order valence-electron chi connectivity index (χ4n) is 3.63. The Morgan fingerprint density at radius 2 is 2.00 bits per heavy atom. The molecule has 1 N–H and O–H groups in total. The number of nitrogens with zero attached hydrogens (tertiary/aromatic N) is 4. The molecule has 2 amide bonds. The Bertz CT molecular complexity index is 1440. The first-order chi connectivity index (χ1) is 18.2. The van der Waals surface area contributed by atoms with Crippen molar-refractivity contribution < 1.29 is 39.8 Å². The summed E-state index contributed by atoms with van der Waals surface area (Å²) in [6.07, 6.45) is -2.78. The summed E-state index contributed by atoms with van der Waals surface area (Å²) in [5.41, 5.74) is -2.68. The predicted molar refractivity (Wildman–Crippen MR) is 135 cm³/mol. The third kappa shape index (κ3) is 7.46. The highest BCUT2D eigenvalue weighted by atomic mass is 32.2. The highest BCUT2D eigenvalue weighted by Crippen LogP contribution is 2.34. The van der Waals surface area contributed by atoms with E-state index in [4.69, 9.17) is 17.5 Å². The Labute approximate surface area is 226 Å². The zero-order chi connectivity index (χ0) is 29.0. The molecule has 0 saturated carbocycles. The molecule has 1 aliphatic heterocycles. The molecule has 1 aliphatic rings. The number of nitriles is 1. The maximum absolute atomic E-state index is 14.9. The normalized spacial score (nSPS) is 14.7. The van der Waals surface area contributed by atoms with Crippen LogP contribution in [0, 0.1) is 17.1 Å². The lowest BCUT2D eigenvalue weighted by molar-refractivity contribution is -0.138. The van der Waals surface area contributed by atoms with Crippen LogP contribution in [-0.2, 0) is 25.3 Å². The molecule has 2 heterocycles. The third-order valence-electron chi connectivity index (χ3n) is 5.40. The number of hydrogen-bond acceptors (Lipinski definition) is 8. The van der Waals surface area contributed by atoms with Gasteiger partial charge in [-0.25, -0.2) is 9.37 Å². The van der Waals surface area contributed by atoms with Crippen LogP contribution in [-0.4, -0.2) is 56.3 Å². The molecule has 208 valence electrons. The lowest BCUT2D eigenvalue weighted by Gasteiger charge is -2.30. The second-order valence-corrected chi connectivity index (χ2v) is 10.3. The number of alkyl halides is 3. The van der Waals surface area contributed by atoms with Gasteiger partial charge in [-0.05, 0) is 49.3 Å². The summed E-state index contributed by atoms with van der Waals surface area (Å²) in [6.45, 7) is -0.0228. The molecule has 1 aromatic carbocycles. The topological polar surface area (TPSA) is 133 Å². The number of amides is 2. The number of thiocarbonyl (C=S) groups is 1. The minimum atomic E-state index is -4.91. The number of rotatable bonds is 8. The van der Waals surface area contributed by atoms with E-state index in [1.54, 1.807) is 0 Å². The first-order valence-corrected chi connectivity index (χ1v) is 13.5. The zero-order valence-electron chi connectivity index (χ0n) is 20.3. The largest absolute Gasteiger partial charge is 0.419 e. The molecule has 0 atom stereocenters. The van der Waals surface area contributed by atoms with Gasteiger partial charge >= 0.3 is 6.18 Å². The molecule has 0 spiro atoms. The maximum atomic E-state index is 14.9. The van der Waals surface area contributed by atoms with E-state index in [-0.39, 0.29) is 61.0 Å². The number of halogens is 4. The van der Waals surface area contributed by atoms with E-state index in [1.165, 1.54) is 23.1 Å². The van der Waals surface area contributed by atoms with E-state index in [0.29, 0.717) is 6.07 Å². The lowest BCUT2D eigenvalue weighted by atomic mass is 10.1. The fraction of sp³-hybridized carbons (Fsp3) is 0.348. The van der Waals surface area contributed by atoms with Crippen molar-refractivity contribution in [3.63, 3.8) is 0 Å². The van der Waals surface area contributed by atoms with Crippen LogP contribution in [0.25, 0.3) is 0 Å². The molecular weight excluding hydrogens is 566 g/mol. The number of nitrogens with one attached hydrogen (secondary N) is 1. The van der Waals surface area contributed by atoms with E-state index >= 15 is 0 Å². The fourth-order valence-corrected chi connectivity index (χ4v) is 4.46. The summed E-state index contributed by atoms with van der Waals surface area (Å²) in [7, 11) is -3.62. The summed E-state index contributed by atoms with van der Waals surface area (Å²) in [5.74, 6) is -2.31. The molecule has 2 aromatic rings. The van der Waals surface area contributed by atoms with Crippen molar-refractivity contribution >= 4 is 50.6 Å². The number of aromatic nitrogens is 1. The molecule has 3 rings (SSSR count). The Kier molecular flexibility index (Phi) is 9.20. The predicted octanol–water partition coefficient (Wildman–Crippen LogP) is 3.13. The van der Waals surface area contributed by atoms with Crippen LogP contribution in [0.2, 0.25) is 0 Å². The Morgan fingerprint density at radius 1 is 1.28 bits per heavy atom. The summed E-state index contributed by atoms with van der Waals surface area (Å²) in [6, 6.07) is 5.51. The molecule has 0 unspecified atom stereocenters. The summed E-state index contributed by atoms with van der Waals surface area (Å²) < 4.78 is 81.7. The van der Waals surface area contributed by atoms with Crippen molar-refractivity contribution in [2.45, 2.75) is 25.4 Å². The van der Waals surface area contributed by atoms with E-state index < -0.39 is 45.2 Å². The highest BCUT2D eigenvalue weighted by Gasteiger charge is 2.37. The van der Waals surface area contributed by atoms with Gasteiger partial charge in [0.1, 0.15) is 11.9 Å². The van der Waals surface area contributed by atoms with Crippen LogP contribution in [0.4, 0.5) is 28.9 Å². The average molecular weight is 588 g/mol. The maximum Gasteiger partial charge on any atom is 0.419 e. The van der Waals surface area contributed by atoms with Crippen molar-refractivity contribution in [3.05, 3.63) is 53.1 Å². The number of anilines is 2. The second kappa shape index (κ2) is 12.0. The Hall–Kier alpha value is -3.68. The average Bonchev–Trinajstić information content (AvgIpc) is 2.99. The molecular formula is C23H21F4N5O5S2. The van der Waals surface area contributed by atoms with Gasteiger partial charge in [0.05, 0.1) is 35.9 Å². The van der Waals surface area contributed by atoms with E-state index in [2.05, 4.69) is 14.5 Å². The van der Waals surface area contributed by atoms with Gasteiger partial charge in [-0.15, -0.1) is 0 Å². The Morgan fingerprint density at radius 3 is 2.62 bits per heavy atom. The molecule has 10 nitrogen and oxygen atoms in total. The van der Waals surface area contributed by atoms with Crippen LogP contribution in [0.15, 0.2) is 30.5 Å². The lowest BCUT2D eigenvalue weighted by Crippen LogP contribution is -2.44. The van der Waals surface area contributed by atoms with Gasteiger partial charge in [0.25, 0.3) is 16.0 Å². The first kappa shape index (κ1) is 29.9. The quantitative estimate of drug-likeness (QED) is 0.214. The van der Waals surface area contributed by atoms with Gasteiger partial charge in [-0.1, -0.05) is 0 Å². The summed E-state index contributed by atoms with van der Waals surface area (Å²) in [5, 5.41) is 11.2. The van der Waals surface area contributed by atoms with Crippen molar-refractivity contribution in [1.29, 1.82) is 5.26 Å². The summed E-state index contributed by atoms with van der Waals surface area (Å²) >= 11 is 5.41. The standard InChI is InChI=1S/C23H21F4N5O5S2/c1-39(35,36)37-9-3-7-29-21(34)16-6-5-14(11-18(16)24)31-8-2-4-20(33)32(22(31)38)15-10-17(23(25,26)27)19(12-28)30-13-15/h5-6,10-11,13H,2-4,7-9H2,1H3,(H,29,34). The van der Waals surface area contributed by atoms with Crippen LogP contribution < -0.4 is 15.1 Å². The third-order valence-corrected chi connectivity index (χ3v) is 6.40. The van der Waals surface area contributed by atoms with Gasteiger partial charge in [-0.2, -0.15) is 26.9 Å². The molecule has 16 heteroatoms. The molecule has 1 fully saturated rings. The number of carbonyl (C=O) groups is 2. The zero-order valence-corrected chi connectivity index (χ0v) is 21.9.